The van der Waals surface area contributed by atoms with Gasteiger partial charge in [0.15, 0.2) is 0 Å². The molecule has 0 bridgehead atoms. The summed E-state index contributed by atoms with van der Waals surface area (Å²) in [7, 11) is -3.58. The lowest BCUT2D eigenvalue weighted by molar-refractivity contribution is -0.116. The van der Waals surface area contributed by atoms with Crippen molar-refractivity contribution in [3.63, 3.8) is 0 Å². The van der Waals surface area contributed by atoms with E-state index in [1.54, 1.807) is 18.2 Å². The third-order valence-corrected chi connectivity index (χ3v) is 7.58. The van der Waals surface area contributed by atoms with Crippen molar-refractivity contribution in [3.05, 3.63) is 65.9 Å². The van der Waals surface area contributed by atoms with Gasteiger partial charge in [-0.2, -0.15) is 4.31 Å². The second-order valence-electron chi connectivity index (χ2n) is 7.46. The lowest BCUT2D eigenvalue weighted by Gasteiger charge is -2.26. The zero-order valence-corrected chi connectivity index (χ0v) is 16.6. The molecule has 0 unspecified atom stereocenters. The number of aromatic amines is 1. The Kier molecular flexibility index (Phi) is 4.29. The molecule has 0 fully saturated rings. The van der Waals surface area contributed by atoms with Gasteiger partial charge in [0.2, 0.25) is 15.9 Å². The number of nitrogens with one attached hydrogen (secondary N) is 2. The average molecular weight is 407 g/mol. The van der Waals surface area contributed by atoms with Crippen LogP contribution in [0.25, 0.3) is 16.5 Å². The molecule has 1 amide bonds. The molecule has 2 aliphatic heterocycles. The van der Waals surface area contributed by atoms with Crippen LogP contribution in [0, 0.1) is 0 Å². The van der Waals surface area contributed by atoms with Crippen LogP contribution in [-0.4, -0.2) is 36.7 Å². The standard InChI is InChI=1S/C22H21N3O3S/c26-22-8-5-16-13-17(6-7-20(16)24-22)29(27,28)25-11-9-15(10-12-25)19-14-23-21-4-2-1-3-18(19)21/h1-4,6-7,9,13-14,23H,5,8,10-12H2,(H,24,26). The highest BCUT2D eigenvalue weighted by atomic mass is 32.2. The summed E-state index contributed by atoms with van der Waals surface area (Å²) < 4.78 is 27.8. The highest BCUT2D eigenvalue weighted by Gasteiger charge is 2.28. The van der Waals surface area contributed by atoms with E-state index >= 15 is 0 Å². The Bertz CT molecular complexity index is 1260. The van der Waals surface area contributed by atoms with E-state index in [4.69, 9.17) is 0 Å². The lowest BCUT2D eigenvalue weighted by atomic mass is 10.00. The van der Waals surface area contributed by atoms with Crippen LogP contribution >= 0.6 is 0 Å². The number of para-hydroxylation sites is 1. The molecule has 0 aliphatic carbocycles. The number of H-pyrrole nitrogens is 1. The van der Waals surface area contributed by atoms with Gasteiger partial charge in [-0.3, -0.25) is 4.79 Å². The number of hydrogen-bond acceptors (Lipinski definition) is 3. The third-order valence-electron chi connectivity index (χ3n) is 5.72. The smallest absolute Gasteiger partial charge is 0.243 e. The first-order valence-electron chi connectivity index (χ1n) is 9.71. The van der Waals surface area contributed by atoms with E-state index in [1.165, 1.54) is 9.88 Å². The molecule has 5 rings (SSSR count). The second kappa shape index (κ2) is 6.86. The van der Waals surface area contributed by atoms with E-state index in [9.17, 15) is 13.2 Å². The monoisotopic (exact) mass is 407 g/mol. The van der Waals surface area contributed by atoms with Crippen molar-refractivity contribution in [2.75, 3.05) is 18.4 Å². The molecule has 0 saturated heterocycles. The van der Waals surface area contributed by atoms with E-state index in [1.807, 2.05) is 30.5 Å². The summed E-state index contributed by atoms with van der Waals surface area (Å²) in [6.07, 6.45) is 5.63. The van der Waals surface area contributed by atoms with Crippen LogP contribution in [-0.2, 0) is 21.2 Å². The fourth-order valence-corrected chi connectivity index (χ4v) is 5.55. The number of nitrogens with zero attached hydrogens (tertiary/aromatic N) is 1. The maximum Gasteiger partial charge on any atom is 0.243 e. The summed E-state index contributed by atoms with van der Waals surface area (Å²) in [5.74, 6) is -0.0286. The van der Waals surface area contributed by atoms with Crippen molar-refractivity contribution in [1.82, 2.24) is 9.29 Å². The SMILES string of the molecule is O=C1CCc2cc(S(=O)(=O)N3CC=C(c4c[nH]c5ccccc45)CC3)ccc2N1. The first-order chi connectivity index (χ1) is 14.0. The Hall–Kier alpha value is -2.90. The van der Waals surface area contributed by atoms with E-state index in [0.717, 1.165) is 22.0 Å². The van der Waals surface area contributed by atoms with Crippen LogP contribution in [0.2, 0.25) is 0 Å². The number of anilines is 1. The summed E-state index contributed by atoms with van der Waals surface area (Å²) in [6, 6.07) is 13.1. The van der Waals surface area contributed by atoms with Crippen LogP contribution in [0.15, 0.2) is 59.6 Å². The maximum absolute atomic E-state index is 13.1. The molecule has 0 saturated carbocycles. The average Bonchev–Trinajstić information content (AvgIpc) is 3.17. The molecular weight excluding hydrogens is 386 g/mol. The molecule has 148 valence electrons. The fraction of sp³-hybridized carbons (Fsp3) is 0.227. The quantitative estimate of drug-likeness (QED) is 0.697. The van der Waals surface area contributed by atoms with Crippen LogP contribution in [0.4, 0.5) is 5.69 Å². The predicted octanol–water partition coefficient (Wildman–Crippen LogP) is 3.53. The van der Waals surface area contributed by atoms with Crippen molar-refractivity contribution < 1.29 is 13.2 Å². The zero-order chi connectivity index (χ0) is 20.0. The minimum atomic E-state index is -3.58. The molecule has 2 N–H and O–H groups in total. The van der Waals surface area contributed by atoms with Crippen molar-refractivity contribution in [3.8, 4) is 0 Å². The first kappa shape index (κ1) is 18.1. The predicted molar refractivity (Wildman–Crippen MR) is 113 cm³/mol. The summed E-state index contributed by atoms with van der Waals surface area (Å²) in [5.41, 5.74) is 4.97. The highest BCUT2D eigenvalue weighted by Crippen LogP contribution is 2.32. The summed E-state index contributed by atoms with van der Waals surface area (Å²) in [5, 5.41) is 3.95. The Labute approximate surface area is 169 Å². The van der Waals surface area contributed by atoms with Crippen molar-refractivity contribution >= 4 is 38.1 Å². The van der Waals surface area contributed by atoms with E-state index in [-0.39, 0.29) is 10.8 Å². The molecule has 2 aromatic carbocycles. The minimum Gasteiger partial charge on any atom is -0.361 e. The number of fused-ring (bicyclic) bond motifs is 2. The fourth-order valence-electron chi connectivity index (χ4n) is 4.12. The molecule has 2 aliphatic rings. The first-order valence-corrected chi connectivity index (χ1v) is 11.1. The number of carbonyl (C=O) groups is 1. The molecule has 0 radical (unpaired) electrons. The van der Waals surface area contributed by atoms with Gasteiger partial charge in [-0.1, -0.05) is 24.3 Å². The molecule has 3 aromatic rings. The summed E-state index contributed by atoms with van der Waals surface area (Å²) in [4.78, 5) is 15.1. The second-order valence-corrected chi connectivity index (χ2v) is 9.40. The van der Waals surface area contributed by atoms with Crippen molar-refractivity contribution in [2.45, 2.75) is 24.2 Å². The van der Waals surface area contributed by atoms with E-state index < -0.39 is 10.0 Å². The Morgan fingerprint density at radius 1 is 1.00 bits per heavy atom. The van der Waals surface area contributed by atoms with Crippen LogP contribution in [0.3, 0.4) is 0 Å². The van der Waals surface area contributed by atoms with Crippen LogP contribution < -0.4 is 5.32 Å². The van der Waals surface area contributed by atoms with Gasteiger partial charge in [-0.25, -0.2) is 8.42 Å². The van der Waals surface area contributed by atoms with Gasteiger partial charge in [0.1, 0.15) is 0 Å². The number of aromatic nitrogens is 1. The number of amides is 1. The Morgan fingerprint density at radius 2 is 1.86 bits per heavy atom. The van der Waals surface area contributed by atoms with Crippen LogP contribution in [0.5, 0.6) is 0 Å². The van der Waals surface area contributed by atoms with Gasteiger partial charge >= 0.3 is 0 Å². The lowest BCUT2D eigenvalue weighted by Crippen LogP contribution is -2.34. The number of benzene rings is 2. The molecule has 1 aromatic heterocycles. The van der Waals surface area contributed by atoms with Gasteiger partial charge in [-0.05, 0) is 48.2 Å². The topological polar surface area (TPSA) is 82.3 Å². The summed E-state index contributed by atoms with van der Waals surface area (Å²) in [6.45, 7) is 0.798. The van der Waals surface area contributed by atoms with Gasteiger partial charge in [0, 0.05) is 47.9 Å². The number of carbonyl (C=O) groups excluding carboxylic acids is 1. The molecule has 29 heavy (non-hydrogen) atoms. The molecular formula is C22H21N3O3S. The van der Waals surface area contributed by atoms with Gasteiger partial charge in [0.25, 0.3) is 0 Å². The highest BCUT2D eigenvalue weighted by molar-refractivity contribution is 7.89. The molecule has 0 spiro atoms. The molecule has 3 heterocycles. The van der Waals surface area contributed by atoms with Crippen LogP contribution in [0.1, 0.15) is 24.0 Å². The van der Waals surface area contributed by atoms with E-state index in [0.29, 0.717) is 38.0 Å². The van der Waals surface area contributed by atoms with Crippen molar-refractivity contribution in [1.29, 1.82) is 0 Å². The number of aryl methyl sites for hydroxylation is 1. The number of hydrogen-bond donors (Lipinski definition) is 2. The van der Waals surface area contributed by atoms with Gasteiger partial charge in [0.05, 0.1) is 4.90 Å². The zero-order valence-electron chi connectivity index (χ0n) is 15.8. The van der Waals surface area contributed by atoms with E-state index in [2.05, 4.69) is 16.4 Å². The number of rotatable bonds is 3. The third kappa shape index (κ3) is 3.16. The largest absolute Gasteiger partial charge is 0.361 e. The summed E-state index contributed by atoms with van der Waals surface area (Å²) >= 11 is 0. The Balaban J connectivity index is 1.40. The minimum absolute atomic E-state index is 0.0286. The number of sulfonamides is 1. The van der Waals surface area contributed by atoms with Gasteiger partial charge < -0.3 is 10.3 Å². The molecule has 6 nitrogen and oxygen atoms in total. The Morgan fingerprint density at radius 3 is 2.69 bits per heavy atom. The maximum atomic E-state index is 13.1. The normalized spacial score (nSPS) is 17.7. The molecule has 7 heteroatoms. The van der Waals surface area contributed by atoms with Crippen molar-refractivity contribution in [2.24, 2.45) is 0 Å². The molecule has 0 atom stereocenters. The van der Waals surface area contributed by atoms with Gasteiger partial charge in [-0.15, -0.1) is 0 Å².